The number of rotatable bonds is 14. The van der Waals surface area contributed by atoms with Crippen LogP contribution in [0.1, 0.15) is 61.6 Å². The molecule has 258 valence electrons. The van der Waals surface area contributed by atoms with Crippen molar-refractivity contribution in [3.8, 4) is 0 Å². The van der Waals surface area contributed by atoms with Crippen LogP contribution in [0.2, 0.25) is 0 Å². The summed E-state index contributed by atoms with van der Waals surface area (Å²) in [6.45, 7) is 10.1. The zero-order valence-electron chi connectivity index (χ0n) is 29.4. The number of hydrogen-bond donors (Lipinski definition) is 0. The minimum Gasteiger partial charge on any atom is -0.374 e. The van der Waals surface area contributed by atoms with Gasteiger partial charge in [-0.1, -0.05) is 179 Å². The smallest absolute Gasteiger partial charge is 0.117 e. The van der Waals surface area contributed by atoms with Crippen molar-refractivity contribution in [2.75, 3.05) is 6.61 Å². The summed E-state index contributed by atoms with van der Waals surface area (Å²) >= 11 is 0. The Balaban J connectivity index is 0.00000130. The highest BCUT2D eigenvalue weighted by Gasteiger charge is 2.49. The number of benzene rings is 5. The highest BCUT2D eigenvalue weighted by Crippen LogP contribution is 2.38. The van der Waals surface area contributed by atoms with Gasteiger partial charge in [-0.3, -0.25) is 0 Å². The van der Waals surface area contributed by atoms with Gasteiger partial charge < -0.3 is 23.7 Å². The summed E-state index contributed by atoms with van der Waals surface area (Å²) in [5, 5.41) is 0. The second-order valence-electron chi connectivity index (χ2n) is 11.3. The molecule has 1 aliphatic heterocycles. The van der Waals surface area contributed by atoms with Gasteiger partial charge >= 0.3 is 0 Å². The second-order valence-corrected chi connectivity index (χ2v) is 11.3. The van der Waals surface area contributed by atoms with Crippen LogP contribution >= 0.6 is 0 Å². The fourth-order valence-corrected chi connectivity index (χ4v) is 5.70. The predicted octanol–water partition coefficient (Wildman–Crippen LogP) is 10.2. The van der Waals surface area contributed by atoms with Crippen LogP contribution in [0.3, 0.4) is 0 Å². The van der Waals surface area contributed by atoms with E-state index in [9.17, 15) is 0 Å². The maximum atomic E-state index is 6.94. The van der Waals surface area contributed by atoms with E-state index in [0.717, 1.165) is 27.8 Å². The normalized spacial score (nSPS) is 19.9. The standard InChI is InChI=1S/C40H40O5.2C2H6/c1-6-16-31(17-7-1)26-41-30-36-38(42-27-32-18-8-2-9-19-32)40(44-29-34-22-12-4-13-23-34)39(43-28-33-20-10-3-11-21-33)37(45-36)35-24-14-5-15-25-35;2*1-2/h1-25,36-40H,26-30H2;2*1-2H3/t36-,37+,38-,39+,40+;;/m1../s1. The summed E-state index contributed by atoms with van der Waals surface area (Å²) in [4.78, 5) is 0. The molecule has 0 N–H and O–H groups in total. The van der Waals surface area contributed by atoms with E-state index in [1.807, 2.05) is 119 Å². The van der Waals surface area contributed by atoms with Gasteiger partial charge in [-0.05, 0) is 27.8 Å². The molecule has 1 fully saturated rings. The maximum absolute atomic E-state index is 6.94. The first-order valence-corrected chi connectivity index (χ1v) is 17.6. The lowest BCUT2D eigenvalue weighted by Gasteiger charge is -2.46. The zero-order chi connectivity index (χ0) is 34.5. The third kappa shape index (κ3) is 11.8. The molecule has 5 nitrogen and oxygen atoms in total. The van der Waals surface area contributed by atoms with Gasteiger partial charge in [0.2, 0.25) is 0 Å². The third-order valence-electron chi connectivity index (χ3n) is 8.01. The summed E-state index contributed by atoms with van der Waals surface area (Å²) in [6.07, 6.45) is -2.13. The summed E-state index contributed by atoms with van der Waals surface area (Å²) in [5.74, 6) is 0. The molecule has 6 rings (SSSR count). The molecule has 0 aliphatic carbocycles. The van der Waals surface area contributed by atoms with Crippen molar-refractivity contribution < 1.29 is 23.7 Å². The first-order valence-electron chi connectivity index (χ1n) is 17.6. The SMILES string of the molecule is CC.CC.c1ccc(COC[C@H]2O[C@@H](c3ccccc3)[C@H](OCc3ccccc3)[C@@H](OCc3ccccc3)[C@@H]2OCc2ccccc2)cc1. The second kappa shape index (κ2) is 21.8. The van der Waals surface area contributed by atoms with Gasteiger partial charge in [0, 0.05) is 0 Å². The highest BCUT2D eigenvalue weighted by atomic mass is 16.6. The maximum Gasteiger partial charge on any atom is 0.117 e. The molecule has 1 heterocycles. The van der Waals surface area contributed by atoms with Gasteiger partial charge in [-0.2, -0.15) is 0 Å². The Morgan fingerprint density at radius 1 is 0.408 bits per heavy atom. The number of hydrogen-bond acceptors (Lipinski definition) is 5. The molecular formula is C44H52O5. The van der Waals surface area contributed by atoms with Gasteiger partial charge in [0.05, 0.1) is 33.0 Å². The molecule has 0 unspecified atom stereocenters. The Morgan fingerprint density at radius 3 is 1.18 bits per heavy atom. The topological polar surface area (TPSA) is 46.2 Å². The fraction of sp³-hybridized carbons (Fsp3) is 0.318. The van der Waals surface area contributed by atoms with Crippen LogP contribution in [0, 0.1) is 0 Å². The number of ether oxygens (including phenoxy) is 5. The summed E-state index contributed by atoms with van der Waals surface area (Å²) in [5.41, 5.74) is 5.38. The van der Waals surface area contributed by atoms with Crippen molar-refractivity contribution >= 4 is 0 Å². The molecule has 0 spiro atoms. The van der Waals surface area contributed by atoms with Crippen molar-refractivity contribution in [1.29, 1.82) is 0 Å². The van der Waals surface area contributed by atoms with Crippen LogP contribution in [0.4, 0.5) is 0 Å². The van der Waals surface area contributed by atoms with E-state index in [1.165, 1.54) is 0 Å². The molecule has 1 aliphatic rings. The van der Waals surface area contributed by atoms with Crippen LogP contribution in [-0.4, -0.2) is 31.0 Å². The van der Waals surface area contributed by atoms with Crippen molar-refractivity contribution in [2.24, 2.45) is 0 Å². The van der Waals surface area contributed by atoms with E-state index in [-0.39, 0.29) is 0 Å². The van der Waals surface area contributed by atoms with Crippen LogP contribution in [0.25, 0.3) is 0 Å². The molecule has 5 atom stereocenters. The first kappa shape index (κ1) is 37.7. The van der Waals surface area contributed by atoms with E-state index in [4.69, 9.17) is 23.7 Å². The Labute approximate surface area is 293 Å². The van der Waals surface area contributed by atoms with Gasteiger partial charge in [-0.25, -0.2) is 0 Å². The molecule has 5 aromatic carbocycles. The first-order chi connectivity index (χ1) is 24.3. The van der Waals surface area contributed by atoms with Crippen molar-refractivity contribution in [3.05, 3.63) is 179 Å². The van der Waals surface area contributed by atoms with Crippen LogP contribution < -0.4 is 0 Å². The molecule has 0 amide bonds. The van der Waals surface area contributed by atoms with Gasteiger partial charge in [0.25, 0.3) is 0 Å². The zero-order valence-corrected chi connectivity index (χ0v) is 29.4. The van der Waals surface area contributed by atoms with Crippen molar-refractivity contribution in [1.82, 2.24) is 0 Å². The summed E-state index contributed by atoms with van der Waals surface area (Å²) < 4.78 is 33.6. The quantitative estimate of drug-likeness (QED) is 0.119. The predicted molar refractivity (Wildman–Crippen MR) is 198 cm³/mol. The lowest BCUT2D eigenvalue weighted by molar-refractivity contribution is -0.275. The van der Waals surface area contributed by atoms with E-state index in [1.54, 1.807) is 0 Å². The Kier molecular flexibility index (Phi) is 16.8. The summed E-state index contributed by atoms with van der Waals surface area (Å²) in [6, 6.07) is 51.1. The van der Waals surface area contributed by atoms with Gasteiger partial charge in [0.15, 0.2) is 0 Å². The molecular weight excluding hydrogens is 608 g/mol. The van der Waals surface area contributed by atoms with Crippen molar-refractivity contribution in [2.45, 2.75) is 84.6 Å². The molecule has 0 bridgehead atoms. The summed E-state index contributed by atoms with van der Waals surface area (Å²) in [7, 11) is 0. The Bertz CT molecular complexity index is 1520. The largest absolute Gasteiger partial charge is 0.374 e. The van der Waals surface area contributed by atoms with Crippen LogP contribution in [0.15, 0.2) is 152 Å². The lowest BCUT2D eigenvalue weighted by atomic mass is 9.90. The third-order valence-corrected chi connectivity index (χ3v) is 8.01. The fourth-order valence-electron chi connectivity index (χ4n) is 5.70. The molecule has 49 heavy (non-hydrogen) atoms. The molecule has 0 aromatic heterocycles. The monoisotopic (exact) mass is 660 g/mol. The highest BCUT2D eigenvalue weighted by molar-refractivity contribution is 5.22. The van der Waals surface area contributed by atoms with Crippen molar-refractivity contribution in [3.63, 3.8) is 0 Å². The van der Waals surface area contributed by atoms with Gasteiger partial charge in [0.1, 0.15) is 30.5 Å². The van der Waals surface area contributed by atoms with E-state index in [2.05, 4.69) is 60.7 Å². The van der Waals surface area contributed by atoms with E-state index in [0.29, 0.717) is 33.0 Å². The average Bonchev–Trinajstić information content (AvgIpc) is 3.19. The Hall–Kier alpha value is -4.10. The Morgan fingerprint density at radius 2 is 0.755 bits per heavy atom. The molecule has 5 heteroatoms. The molecule has 1 saturated heterocycles. The molecule has 0 radical (unpaired) electrons. The van der Waals surface area contributed by atoms with Gasteiger partial charge in [-0.15, -0.1) is 0 Å². The van der Waals surface area contributed by atoms with E-state index >= 15 is 0 Å². The van der Waals surface area contributed by atoms with Crippen LogP contribution in [0.5, 0.6) is 0 Å². The molecule has 5 aromatic rings. The lowest BCUT2D eigenvalue weighted by Crippen LogP contribution is -2.58. The minimum atomic E-state index is -0.453. The molecule has 0 saturated carbocycles. The average molecular weight is 661 g/mol. The van der Waals surface area contributed by atoms with E-state index < -0.39 is 30.5 Å². The van der Waals surface area contributed by atoms with Crippen LogP contribution in [-0.2, 0) is 50.1 Å². The minimum absolute atomic E-state index is 0.342.